The van der Waals surface area contributed by atoms with Gasteiger partial charge in [-0.1, -0.05) is 18.2 Å². The van der Waals surface area contributed by atoms with Crippen LogP contribution in [0.5, 0.6) is 0 Å². The van der Waals surface area contributed by atoms with Crippen LogP contribution in [-0.2, 0) is 29.2 Å². The van der Waals surface area contributed by atoms with Crippen LogP contribution in [0.3, 0.4) is 0 Å². The first kappa shape index (κ1) is 21.1. The number of amides is 3. The lowest BCUT2D eigenvalue weighted by atomic mass is 10.0. The van der Waals surface area contributed by atoms with Gasteiger partial charge >= 0.3 is 0 Å². The molecular formula is C23H27N5O3. The summed E-state index contributed by atoms with van der Waals surface area (Å²) >= 11 is 0. The number of carbonyl (C=O) groups excluding carboxylic acids is 3. The molecule has 0 saturated carbocycles. The minimum atomic E-state index is -0.579. The van der Waals surface area contributed by atoms with Crippen molar-refractivity contribution in [2.24, 2.45) is 0 Å². The lowest BCUT2D eigenvalue weighted by Crippen LogP contribution is -2.52. The molecule has 0 aliphatic carbocycles. The second-order valence-corrected chi connectivity index (χ2v) is 7.91. The van der Waals surface area contributed by atoms with Crippen LogP contribution in [0, 0.1) is 0 Å². The Morgan fingerprint density at radius 1 is 1.06 bits per heavy atom. The highest BCUT2D eigenvalue weighted by molar-refractivity contribution is 6.05. The van der Waals surface area contributed by atoms with Crippen molar-refractivity contribution in [2.45, 2.75) is 44.9 Å². The van der Waals surface area contributed by atoms with Crippen LogP contribution in [0.15, 0.2) is 42.7 Å². The molecule has 0 radical (unpaired) electrons. The molecule has 8 heteroatoms. The van der Waals surface area contributed by atoms with Crippen molar-refractivity contribution in [3.8, 4) is 0 Å². The van der Waals surface area contributed by atoms with Gasteiger partial charge in [0.1, 0.15) is 6.04 Å². The van der Waals surface area contributed by atoms with Crippen molar-refractivity contribution in [1.29, 1.82) is 0 Å². The van der Waals surface area contributed by atoms with Gasteiger partial charge < -0.3 is 15.5 Å². The van der Waals surface area contributed by atoms with Crippen LogP contribution in [0.1, 0.15) is 46.3 Å². The molecule has 1 fully saturated rings. The zero-order chi connectivity index (χ0) is 21.6. The Morgan fingerprint density at radius 3 is 2.68 bits per heavy atom. The molecule has 3 amide bonds. The minimum Gasteiger partial charge on any atom is -0.322 e. The van der Waals surface area contributed by atoms with Gasteiger partial charge in [-0.15, -0.1) is 0 Å². The van der Waals surface area contributed by atoms with E-state index in [1.165, 1.54) is 5.56 Å². The van der Waals surface area contributed by atoms with Crippen LogP contribution in [0.2, 0.25) is 0 Å². The normalized spacial score (nSPS) is 18.3. The number of hydrogen-bond donors (Lipinski definition) is 3. The first-order chi connectivity index (χ1) is 15.1. The lowest BCUT2D eigenvalue weighted by molar-refractivity contribution is -0.136. The van der Waals surface area contributed by atoms with Crippen LogP contribution in [0.25, 0.3) is 0 Å². The molecule has 8 nitrogen and oxygen atoms in total. The number of carbonyl (C=O) groups is 3. The number of imide groups is 1. The van der Waals surface area contributed by atoms with E-state index in [0.717, 1.165) is 37.2 Å². The molecule has 2 aliphatic heterocycles. The molecule has 1 atom stereocenters. The maximum atomic E-state index is 12.9. The van der Waals surface area contributed by atoms with Gasteiger partial charge in [0, 0.05) is 44.0 Å². The highest BCUT2D eigenvalue weighted by Crippen LogP contribution is 2.29. The van der Waals surface area contributed by atoms with E-state index in [-0.39, 0.29) is 24.1 Å². The Balaban J connectivity index is 1.26. The molecule has 1 aromatic carbocycles. The van der Waals surface area contributed by atoms with E-state index in [9.17, 15) is 14.4 Å². The number of piperidine rings is 1. The van der Waals surface area contributed by atoms with E-state index in [1.54, 1.807) is 11.1 Å². The van der Waals surface area contributed by atoms with Crippen LogP contribution in [-0.4, -0.2) is 46.7 Å². The van der Waals surface area contributed by atoms with Crippen molar-refractivity contribution in [3.05, 3.63) is 65.0 Å². The van der Waals surface area contributed by atoms with Gasteiger partial charge in [0.05, 0.1) is 0 Å². The van der Waals surface area contributed by atoms with E-state index in [1.807, 2.05) is 36.5 Å². The molecule has 3 heterocycles. The van der Waals surface area contributed by atoms with Crippen LogP contribution < -0.4 is 16.0 Å². The van der Waals surface area contributed by atoms with Gasteiger partial charge in [0.15, 0.2) is 0 Å². The number of benzene rings is 1. The summed E-state index contributed by atoms with van der Waals surface area (Å²) in [6.45, 7) is 3.64. The molecule has 2 aliphatic rings. The highest BCUT2D eigenvalue weighted by Gasteiger charge is 2.39. The van der Waals surface area contributed by atoms with Gasteiger partial charge in [0.2, 0.25) is 11.8 Å². The summed E-state index contributed by atoms with van der Waals surface area (Å²) in [5, 5.41) is 9.20. The molecule has 1 saturated heterocycles. The van der Waals surface area contributed by atoms with E-state index in [0.29, 0.717) is 25.1 Å². The van der Waals surface area contributed by atoms with Crippen molar-refractivity contribution in [2.75, 3.05) is 13.1 Å². The Kier molecular flexibility index (Phi) is 6.69. The fraction of sp³-hybridized carbons (Fsp3) is 0.391. The van der Waals surface area contributed by atoms with Crippen molar-refractivity contribution < 1.29 is 14.4 Å². The number of fused-ring (bicyclic) bond motifs is 1. The second kappa shape index (κ2) is 9.80. The topological polar surface area (TPSA) is 103 Å². The quantitative estimate of drug-likeness (QED) is 0.414. The third-order valence-electron chi connectivity index (χ3n) is 5.75. The lowest BCUT2D eigenvalue weighted by Gasteiger charge is -2.29. The Labute approximate surface area is 181 Å². The number of hydrogen-bond acceptors (Lipinski definition) is 6. The second-order valence-electron chi connectivity index (χ2n) is 7.91. The molecule has 0 spiro atoms. The van der Waals surface area contributed by atoms with Gasteiger partial charge in [-0.05, 0) is 54.8 Å². The molecule has 4 rings (SSSR count). The molecule has 31 heavy (non-hydrogen) atoms. The fourth-order valence-corrected chi connectivity index (χ4v) is 4.11. The Bertz CT molecular complexity index is 963. The summed E-state index contributed by atoms with van der Waals surface area (Å²) in [6.07, 6.45) is 5.26. The average Bonchev–Trinajstić information content (AvgIpc) is 3.11. The Hall–Kier alpha value is -3.10. The number of nitrogens with zero attached hydrogens (tertiary/aromatic N) is 2. The largest absolute Gasteiger partial charge is 0.322 e. The number of nitrogens with one attached hydrogen (secondary N) is 3. The molecule has 3 N–H and O–H groups in total. The molecule has 1 unspecified atom stereocenters. The van der Waals surface area contributed by atoms with Crippen LogP contribution >= 0.6 is 0 Å². The van der Waals surface area contributed by atoms with Gasteiger partial charge in [-0.25, -0.2) is 0 Å². The van der Waals surface area contributed by atoms with Crippen molar-refractivity contribution in [1.82, 2.24) is 25.8 Å². The summed E-state index contributed by atoms with van der Waals surface area (Å²) in [6, 6.07) is 9.13. The van der Waals surface area contributed by atoms with Gasteiger partial charge in [0.25, 0.3) is 5.91 Å². The summed E-state index contributed by atoms with van der Waals surface area (Å²) in [7, 11) is 0. The third-order valence-corrected chi connectivity index (χ3v) is 5.75. The van der Waals surface area contributed by atoms with E-state index < -0.39 is 6.04 Å². The first-order valence-corrected chi connectivity index (χ1v) is 10.7. The van der Waals surface area contributed by atoms with E-state index in [2.05, 4.69) is 20.9 Å². The standard InChI is InChI=1S/C23H27N5O3/c29-21-8-7-20(22(30)27-21)28-15-19-17(5-1-6-18(19)23(28)31)14-26-11-3-10-25-13-16-4-2-9-24-12-16/h1-2,4-6,9,12,20,25-26H,3,7-8,10-11,13-15H2,(H,27,29,30). The maximum Gasteiger partial charge on any atom is 0.255 e. The fourth-order valence-electron chi connectivity index (χ4n) is 4.11. The van der Waals surface area contributed by atoms with Gasteiger partial charge in [-0.2, -0.15) is 0 Å². The SMILES string of the molecule is O=C1CCC(N2Cc3c(CNCCCNCc4cccnc4)cccc3C2=O)C(=O)N1. The van der Waals surface area contributed by atoms with E-state index in [4.69, 9.17) is 0 Å². The maximum absolute atomic E-state index is 12.9. The van der Waals surface area contributed by atoms with Crippen LogP contribution in [0.4, 0.5) is 0 Å². The van der Waals surface area contributed by atoms with E-state index >= 15 is 0 Å². The average molecular weight is 422 g/mol. The monoisotopic (exact) mass is 421 g/mol. The number of aromatic nitrogens is 1. The van der Waals surface area contributed by atoms with Crippen molar-refractivity contribution in [3.63, 3.8) is 0 Å². The Morgan fingerprint density at radius 2 is 1.90 bits per heavy atom. The summed E-state index contributed by atoms with van der Waals surface area (Å²) in [4.78, 5) is 42.2. The van der Waals surface area contributed by atoms with Crippen molar-refractivity contribution >= 4 is 17.7 Å². The minimum absolute atomic E-state index is 0.133. The third kappa shape index (κ3) is 4.98. The smallest absolute Gasteiger partial charge is 0.255 e. The zero-order valence-electron chi connectivity index (χ0n) is 17.4. The highest BCUT2D eigenvalue weighted by atomic mass is 16.2. The predicted molar refractivity (Wildman–Crippen MR) is 115 cm³/mol. The number of rotatable bonds is 9. The molecule has 0 bridgehead atoms. The summed E-state index contributed by atoms with van der Waals surface area (Å²) in [5.74, 6) is -0.785. The molecule has 1 aromatic heterocycles. The number of pyridine rings is 1. The molecular weight excluding hydrogens is 394 g/mol. The summed E-state index contributed by atoms with van der Waals surface area (Å²) in [5.41, 5.74) is 3.87. The molecule has 2 aromatic rings. The zero-order valence-corrected chi connectivity index (χ0v) is 17.4. The van der Waals surface area contributed by atoms with Gasteiger partial charge in [-0.3, -0.25) is 24.7 Å². The molecule has 162 valence electrons. The first-order valence-electron chi connectivity index (χ1n) is 10.7. The predicted octanol–water partition coefficient (Wildman–Crippen LogP) is 1.11. The summed E-state index contributed by atoms with van der Waals surface area (Å²) < 4.78 is 0.